The van der Waals surface area contributed by atoms with Crippen molar-refractivity contribution in [1.29, 1.82) is 0 Å². The van der Waals surface area contributed by atoms with Crippen LogP contribution in [0.4, 0.5) is 14.6 Å². The smallest absolute Gasteiger partial charge is 0.308 e. The molecular formula is C22H20F2N6O3. The molecule has 0 fully saturated rings. The highest BCUT2D eigenvalue weighted by Gasteiger charge is 2.21. The molecular weight excluding hydrogens is 434 g/mol. The van der Waals surface area contributed by atoms with Gasteiger partial charge in [0.1, 0.15) is 23.5 Å². The van der Waals surface area contributed by atoms with Crippen molar-refractivity contribution in [3.8, 4) is 22.9 Å². The van der Waals surface area contributed by atoms with Crippen molar-refractivity contribution in [2.45, 2.75) is 13.5 Å². The number of hydrogen-bond acceptors (Lipinski definition) is 7. The van der Waals surface area contributed by atoms with E-state index in [1.54, 1.807) is 37.4 Å². The molecule has 0 bridgehead atoms. The largest absolute Gasteiger partial charge is 0.481 e. The van der Waals surface area contributed by atoms with Crippen LogP contribution < -0.4 is 4.90 Å². The van der Waals surface area contributed by atoms with Gasteiger partial charge in [0.25, 0.3) is 0 Å². The summed E-state index contributed by atoms with van der Waals surface area (Å²) in [6, 6.07) is 9.61. The molecule has 3 aromatic heterocycles. The van der Waals surface area contributed by atoms with E-state index in [9.17, 15) is 13.6 Å². The fourth-order valence-electron chi connectivity index (χ4n) is 3.31. The summed E-state index contributed by atoms with van der Waals surface area (Å²) in [6.45, 7) is 1.68. The first-order valence-corrected chi connectivity index (χ1v) is 10.0. The molecule has 11 heteroatoms. The van der Waals surface area contributed by atoms with Gasteiger partial charge in [-0.2, -0.15) is 5.10 Å². The fraction of sp³-hybridized carbons (Fsp3) is 0.227. The Balaban J connectivity index is 1.72. The number of hydrogen-bond donors (Lipinski definition) is 1. The SMILES string of the molecule is CC(CN(C)c1nc(-c2cc(-c3ccon3)n(Cc3ccccc3F)n2)ncc1F)C(=O)O. The molecule has 0 aliphatic heterocycles. The lowest BCUT2D eigenvalue weighted by molar-refractivity contribution is -0.140. The zero-order valence-corrected chi connectivity index (χ0v) is 17.8. The molecule has 0 spiro atoms. The highest BCUT2D eigenvalue weighted by atomic mass is 19.1. The number of aliphatic carboxylic acids is 1. The van der Waals surface area contributed by atoms with E-state index in [0.717, 1.165) is 6.20 Å². The van der Waals surface area contributed by atoms with Gasteiger partial charge in [0, 0.05) is 25.2 Å². The van der Waals surface area contributed by atoms with Crippen LogP contribution in [-0.4, -0.2) is 49.6 Å². The minimum Gasteiger partial charge on any atom is -0.481 e. The first-order chi connectivity index (χ1) is 15.8. The molecule has 4 aromatic rings. The molecule has 4 rings (SSSR count). The van der Waals surface area contributed by atoms with Crippen molar-refractivity contribution in [2.75, 3.05) is 18.5 Å². The summed E-state index contributed by atoms with van der Waals surface area (Å²) in [5.74, 6) is -2.73. The highest BCUT2D eigenvalue weighted by Crippen LogP contribution is 2.26. The van der Waals surface area contributed by atoms with Gasteiger partial charge in [-0.05, 0) is 12.1 Å². The van der Waals surface area contributed by atoms with E-state index >= 15 is 0 Å². The van der Waals surface area contributed by atoms with Gasteiger partial charge in [-0.25, -0.2) is 18.7 Å². The van der Waals surface area contributed by atoms with Gasteiger partial charge >= 0.3 is 5.97 Å². The first kappa shape index (κ1) is 22.1. The third-order valence-electron chi connectivity index (χ3n) is 5.04. The maximum absolute atomic E-state index is 14.4. The Morgan fingerprint density at radius 3 is 2.70 bits per heavy atom. The van der Waals surface area contributed by atoms with Crippen LogP contribution in [0.5, 0.6) is 0 Å². The molecule has 0 aliphatic carbocycles. The summed E-state index contributed by atoms with van der Waals surface area (Å²) in [5, 5.41) is 17.6. The standard InChI is InChI=1S/C22H20F2N6O3/c1-13(22(31)32)11-29(2)21-16(24)10-25-20(26-21)18-9-19(17-7-8-33-28-17)30(27-18)12-14-5-3-4-6-15(14)23/h3-10,13H,11-12H2,1-2H3,(H,31,32). The molecule has 9 nitrogen and oxygen atoms in total. The second-order valence-corrected chi connectivity index (χ2v) is 7.53. The Labute approximate surface area is 187 Å². The van der Waals surface area contributed by atoms with E-state index in [4.69, 9.17) is 9.63 Å². The Morgan fingerprint density at radius 2 is 2.00 bits per heavy atom. The van der Waals surface area contributed by atoms with Crippen molar-refractivity contribution < 1.29 is 23.2 Å². The lowest BCUT2D eigenvalue weighted by Crippen LogP contribution is -2.29. The number of benzene rings is 1. The molecule has 170 valence electrons. The van der Waals surface area contributed by atoms with Gasteiger partial charge in [0.05, 0.1) is 24.4 Å². The number of carbonyl (C=O) groups is 1. The average Bonchev–Trinajstić information content (AvgIpc) is 3.45. The minimum atomic E-state index is -0.999. The van der Waals surface area contributed by atoms with Gasteiger partial charge in [-0.15, -0.1) is 0 Å². The molecule has 1 atom stereocenters. The van der Waals surface area contributed by atoms with Crippen molar-refractivity contribution in [3.05, 3.63) is 66.1 Å². The molecule has 1 N–H and O–H groups in total. The maximum atomic E-state index is 14.4. The Morgan fingerprint density at radius 1 is 1.21 bits per heavy atom. The summed E-state index contributed by atoms with van der Waals surface area (Å²) in [4.78, 5) is 20.9. The van der Waals surface area contributed by atoms with E-state index in [1.165, 1.54) is 28.8 Å². The molecule has 0 aliphatic rings. The fourth-order valence-corrected chi connectivity index (χ4v) is 3.31. The van der Waals surface area contributed by atoms with Crippen molar-refractivity contribution >= 4 is 11.8 Å². The minimum absolute atomic E-state index is 0.0502. The van der Waals surface area contributed by atoms with Crippen LogP contribution in [0.15, 0.2) is 53.4 Å². The predicted molar refractivity (Wildman–Crippen MR) is 114 cm³/mol. The van der Waals surface area contributed by atoms with E-state index in [1.807, 2.05) is 0 Å². The average molecular weight is 454 g/mol. The van der Waals surface area contributed by atoms with Crippen LogP contribution in [0.2, 0.25) is 0 Å². The first-order valence-electron chi connectivity index (χ1n) is 10.0. The summed E-state index contributed by atoms with van der Waals surface area (Å²) in [7, 11) is 1.55. The third kappa shape index (κ3) is 4.71. The quantitative estimate of drug-likeness (QED) is 0.431. The van der Waals surface area contributed by atoms with Gasteiger partial charge in [-0.1, -0.05) is 30.3 Å². The molecule has 33 heavy (non-hydrogen) atoms. The van der Waals surface area contributed by atoms with E-state index in [2.05, 4.69) is 20.2 Å². The summed E-state index contributed by atoms with van der Waals surface area (Å²) in [5.41, 5.74) is 1.73. The topological polar surface area (TPSA) is 110 Å². The molecule has 3 heterocycles. The number of aromatic nitrogens is 5. The van der Waals surface area contributed by atoms with Crippen LogP contribution in [-0.2, 0) is 11.3 Å². The van der Waals surface area contributed by atoms with Crippen LogP contribution in [0.1, 0.15) is 12.5 Å². The van der Waals surface area contributed by atoms with Crippen molar-refractivity contribution in [1.82, 2.24) is 24.9 Å². The predicted octanol–water partition coefficient (Wildman–Crippen LogP) is 3.48. The second kappa shape index (κ2) is 9.15. The Kier molecular flexibility index (Phi) is 6.11. The Hall–Kier alpha value is -4.15. The molecule has 0 saturated heterocycles. The van der Waals surface area contributed by atoms with Crippen molar-refractivity contribution in [3.63, 3.8) is 0 Å². The molecule has 1 aromatic carbocycles. The zero-order chi connectivity index (χ0) is 23.5. The monoisotopic (exact) mass is 454 g/mol. The van der Waals surface area contributed by atoms with E-state index in [-0.39, 0.29) is 30.5 Å². The van der Waals surface area contributed by atoms with Gasteiger partial charge in [0.2, 0.25) is 0 Å². The summed E-state index contributed by atoms with van der Waals surface area (Å²) in [6.07, 6.45) is 2.41. The number of halogens is 2. The highest BCUT2D eigenvalue weighted by molar-refractivity contribution is 5.70. The molecule has 1 unspecified atom stereocenters. The number of anilines is 1. The van der Waals surface area contributed by atoms with Crippen molar-refractivity contribution in [2.24, 2.45) is 5.92 Å². The number of nitrogens with zero attached hydrogens (tertiary/aromatic N) is 6. The maximum Gasteiger partial charge on any atom is 0.308 e. The van der Waals surface area contributed by atoms with Crippen LogP contribution in [0.25, 0.3) is 22.9 Å². The van der Waals surface area contributed by atoms with E-state index in [0.29, 0.717) is 22.6 Å². The second-order valence-electron chi connectivity index (χ2n) is 7.53. The Bertz CT molecular complexity index is 1280. The van der Waals surface area contributed by atoms with Gasteiger partial charge in [-0.3, -0.25) is 9.48 Å². The van der Waals surface area contributed by atoms with Crippen LogP contribution in [0.3, 0.4) is 0 Å². The molecule has 0 amide bonds. The number of carboxylic acids is 1. The lowest BCUT2D eigenvalue weighted by Gasteiger charge is -2.20. The van der Waals surface area contributed by atoms with Gasteiger partial charge < -0.3 is 14.5 Å². The summed E-state index contributed by atoms with van der Waals surface area (Å²) >= 11 is 0. The van der Waals surface area contributed by atoms with Crippen LogP contribution in [0, 0.1) is 17.6 Å². The van der Waals surface area contributed by atoms with Crippen LogP contribution >= 0.6 is 0 Å². The number of carboxylic acid groups (broad SMARTS) is 1. The molecule has 0 radical (unpaired) electrons. The zero-order valence-electron chi connectivity index (χ0n) is 17.8. The number of rotatable bonds is 8. The van der Waals surface area contributed by atoms with E-state index < -0.39 is 17.7 Å². The van der Waals surface area contributed by atoms with Gasteiger partial charge in [0.15, 0.2) is 17.5 Å². The third-order valence-corrected chi connectivity index (χ3v) is 5.04. The lowest BCUT2D eigenvalue weighted by atomic mass is 10.2. The normalized spacial score (nSPS) is 12.0. The summed E-state index contributed by atoms with van der Waals surface area (Å²) < 4.78 is 35.1. The molecule has 0 saturated carbocycles.